The smallest absolute Gasteiger partial charge is 0.338 e. The number of halogens is 1. The molecule has 0 radical (unpaired) electrons. The van der Waals surface area contributed by atoms with Crippen LogP contribution in [-0.2, 0) is 14.8 Å². The maximum absolute atomic E-state index is 11.7. The standard InChI is InChI=1S/C11H14ClNO4S/c1-3-13-18(15,16)10-6-5-8(7-9(10)12)11(14)17-4-2/h5-7,13H,3-4H2,1-2H3. The van der Waals surface area contributed by atoms with E-state index >= 15 is 0 Å². The number of esters is 1. The molecule has 0 aliphatic heterocycles. The molecule has 0 aliphatic rings. The summed E-state index contributed by atoms with van der Waals surface area (Å²) in [5.74, 6) is -0.535. The average molecular weight is 292 g/mol. The fourth-order valence-corrected chi connectivity index (χ4v) is 2.91. The van der Waals surface area contributed by atoms with E-state index in [1.165, 1.54) is 18.2 Å². The molecule has 1 aromatic carbocycles. The van der Waals surface area contributed by atoms with E-state index in [2.05, 4.69) is 4.72 Å². The molecule has 0 aromatic heterocycles. The van der Waals surface area contributed by atoms with E-state index in [0.717, 1.165) is 0 Å². The van der Waals surface area contributed by atoms with E-state index in [4.69, 9.17) is 16.3 Å². The Labute approximate surface area is 111 Å². The number of carbonyl (C=O) groups is 1. The lowest BCUT2D eigenvalue weighted by Crippen LogP contribution is -2.23. The number of nitrogens with one attached hydrogen (secondary N) is 1. The fraction of sp³-hybridized carbons (Fsp3) is 0.364. The number of sulfonamides is 1. The predicted octanol–water partition coefficient (Wildman–Crippen LogP) is 1.81. The van der Waals surface area contributed by atoms with Gasteiger partial charge in [0.2, 0.25) is 10.0 Å². The highest BCUT2D eigenvalue weighted by molar-refractivity contribution is 7.89. The van der Waals surface area contributed by atoms with Crippen LogP contribution in [0.4, 0.5) is 0 Å². The second-order valence-electron chi connectivity index (χ2n) is 3.37. The van der Waals surface area contributed by atoms with Gasteiger partial charge in [0.05, 0.1) is 17.2 Å². The van der Waals surface area contributed by atoms with Crippen molar-refractivity contribution in [3.8, 4) is 0 Å². The molecule has 0 bridgehead atoms. The first-order valence-corrected chi connectivity index (χ1v) is 7.24. The van der Waals surface area contributed by atoms with E-state index < -0.39 is 16.0 Å². The van der Waals surface area contributed by atoms with Gasteiger partial charge in [-0.1, -0.05) is 18.5 Å². The van der Waals surface area contributed by atoms with Crippen molar-refractivity contribution in [2.45, 2.75) is 18.7 Å². The van der Waals surface area contributed by atoms with E-state index in [0.29, 0.717) is 0 Å². The lowest BCUT2D eigenvalue weighted by molar-refractivity contribution is 0.0526. The molecular formula is C11H14ClNO4S. The minimum Gasteiger partial charge on any atom is -0.462 e. The molecule has 5 nitrogen and oxygen atoms in total. The highest BCUT2D eigenvalue weighted by Crippen LogP contribution is 2.22. The summed E-state index contributed by atoms with van der Waals surface area (Å²) >= 11 is 5.87. The number of rotatable bonds is 5. The second kappa shape index (κ2) is 6.17. The average Bonchev–Trinajstić information content (AvgIpc) is 2.28. The summed E-state index contributed by atoms with van der Waals surface area (Å²) in [6, 6.07) is 3.93. The van der Waals surface area contributed by atoms with Crippen LogP contribution in [0.25, 0.3) is 0 Å². The molecule has 7 heteroatoms. The minimum atomic E-state index is -3.63. The van der Waals surface area contributed by atoms with Gasteiger partial charge >= 0.3 is 5.97 Å². The van der Waals surface area contributed by atoms with Gasteiger partial charge in [0, 0.05) is 6.54 Å². The molecular weight excluding hydrogens is 278 g/mol. The van der Waals surface area contributed by atoms with E-state index in [9.17, 15) is 13.2 Å². The zero-order chi connectivity index (χ0) is 13.8. The maximum atomic E-state index is 11.7. The molecule has 0 spiro atoms. The van der Waals surface area contributed by atoms with E-state index in [1.54, 1.807) is 13.8 Å². The molecule has 0 saturated carbocycles. The lowest BCUT2D eigenvalue weighted by atomic mass is 10.2. The molecule has 0 saturated heterocycles. The number of hydrogen-bond donors (Lipinski definition) is 1. The number of ether oxygens (including phenoxy) is 1. The molecule has 0 fully saturated rings. The van der Waals surface area contributed by atoms with E-state index in [-0.39, 0.29) is 28.6 Å². The van der Waals surface area contributed by atoms with Crippen LogP contribution < -0.4 is 4.72 Å². The molecule has 1 N–H and O–H groups in total. The lowest BCUT2D eigenvalue weighted by Gasteiger charge is -2.08. The number of benzene rings is 1. The van der Waals surface area contributed by atoms with Crippen molar-refractivity contribution in [1.29, 1.82) is 0 Å². The highest BCUT2D eigenvalue weighted by Gasteiger charge is 2.18. The summed E-state index contributed by atoms with van der Waals surface area (Å²) in [6.45, 7) is 3.86. The molecule has 0 heterocycles. The van der Waals surface area contributed by atoms with Crippen molar-refractivity contribution in [1.82, 2.24) is 4.72 Å². The van der Waals surface area contributed by atoms with Gasteiger partial charge in [-0.3, -0.25) is 0 Å². The third-order valence-corrected chi connectivity index (χ3v) is 4.10. The Kier molecular flexibility index (Phi) is 5.13. The first kappa shape index (κ1) is 14.9. The van der Waals surface area contributed by atoms with Crippen molar-refractivity contribution in [3.05, 3.63) is 28.8 Å². The first-order valence-electron chi connectivity index (χ1n) is 5.38. The third kappa shape index (κ3) is 3.44. The zero-order valence-corrected chi connectivity index (χ0v) is 11.6. The van der Waals surface area contributed by atoms with Crippen LogP contribution in [0.5, 0.6) is 0 Å². The normalized spacial score (nSPS) is 11.3. The van der Waals surface area contributed by atoms with Crippen LogP contribution >= 0.6 is 11.6 Å². The van der Waals surface area contributed by atoms with E-state index in [1.807, 2.05) is 0 Å². The highest BCUT2D eigenvalue weighted by atomic mass is 35.5. The predicted molar refractivity (Wildman–Crippen MR) is 68.3 cm³/mol. The van der Waals surface area contributed by atoms with Gasteiger partial charge in [-0.05, 0) is 25.1 Å². The summed E-state index contributed by atoms with van der Waals surface area (Å²) in [4.78, 5) is 11.4. The SMILES string of the molecule is CCNS(=O)(=O)c1ccc(C(=O)OCC)cc1Cl. The minimum absolute atomic E-state index is 0.0125. The van der Waals surface area contributed by atoms with Crippen molar-refractivity contribution < 1.29 is 17.9 Å². The van der Waals surface area contributed by atoms with Gasteiger partial charge < -0.3 is 4.74 Å². The molecule has 18 heavy (non-hydrogen) atoms. The molecule has 0 amide bonds. The van der Waals surface area contributed by atoms with Gasteiger partial charge in [-0.25, -0.2) is 17.9 Å². The van der Waals surface area contributed by atoms with Gasteiger partial charge in [-0.15, -0.1) is 0 Å². The Morgan fingerprint density at radius 1 is 1.39 bits per heavy atom. The van der Waals surface area contributed by atoms with Crippen LogP contribution in [0.1, 0.15) is 24.2 Å². The Morgan fingerprint density at radius 3 is 2.56 bits per heavy atom. The molecule has 1 aromatic rings. The number of carbonyl (C=O) groups excluding carboxylic acids is 1. The summed E-state index contributed by atoms with van der Waals surface area (Å²) in [6.07, 6.45) is 0. The van der Waals surface area contributed by atoms with Crippen LogP contribution in [0.2, 0.25) is 5.02 Å². The Balaban J connectivity index is 3.11. The molecule has 100 valence electrons. The van der Waals surface area contributed by atoms with Crippen LogP contribution in [-0.4, -0.2) is 27.5 Å². The zero-order valence-electron chi connectivity index (χ0n) is 10.1. The number of hydrogen-bond acceptors (Lipinski definition) is 4. The van der Waals surface area contributed by atoms with Crippen LogP contribution in [0.15, 0.2) is 23.1 Å². The van der Waals surface area contributed by atoms with Crippen LogP contribution in [0, 0.1) is 0 Å². The van der Waals surface area contributed by atoms with Crippen molar-refractivity contribution in [2.24, 2.45) is 0 Å². The molecule has 0 atom stereocenters. The molecule has 0 unspecified atom stereocenters. The Bertz CT molecular complexity index is 542. The first-order chi connectivity index (χ1) is 8.42. The largest absolute Gasteiger partial charge is 0.462 e. The summed E-state index contributed by atoms with van der Waals surface area (Å²) in [7, 11) is -3.63. The third-order valence-electron chi connectivity index (χ3n) is 2.07. The fourth-order valence-electron chi connectivity index (χ4n) is 1.33. The topological polar surface area (TPSA) is 72.5 Å². The quantitative estimate of drug-likeness (QED) is 0.840. The van der Waals surface area contributed by atoms with Crippen molar-refractivity contribution in [2.75, 3.05) is 13.2 Å². The molecule has 0 aliphatic carbocycles. The van der Waals surface area contributed by atoms with Crippen LogP contribution in [0.3, 0.4) is 0 Å². The summed E-state index contributed by atoms with van der Waals surface area (Å²) in [5.41, 5.74) is 0.220. The second-order valence-corrected chi connectivity index (χ2v) is 5.51. The monoisotopic (exact) mass is 291 g/mol. The van der Waals surface area contributed by atoms with Crippen molar-refractivity contribution >= 4 is 27.6 Å². The molecule has 1 rings (SSSR count). The Hall–Kier alpha value is -1.11. The van der Waals surface area contributed by atoms with Gasteiger partial charge in [0.1, 0.15) is 4.90 Å². The summed E-state index contributed by atoms with van der Waals surface area (Å²) in [5, 5.41) is -0.0125. The summed E-state index contributed by atoms with van der Waals surface area (Å²) < 4.78 is 30.6. The maximum Gasteiger partial charge on any atom is 0.338 e. The van der Waals surface area contributed by atoms with Gasteiger partial charge in [0.25, 0.3) is 0 Å². The van der Waals surface area contributed by atoms with Gasteiger partial charge in [0.15, 0.2) is 0 Å². The van der Waals surface area contributed by atoms with Crippen molar-refractivity contribution in [3.63, 3.8) is 0 Å². The Morgan fingerprint density at radius 2 is 2.06 bits per heavy atom. The van der Waals surface area contributed by atoms with Gasteiger partial charge in [-0.2, -0.15) is 0 Å².